The molecule has 0 fully saturated rings. The van der Waals surface area contributed by atoms with Crippen LogP contribution in [0.1, 0.15) is 20.4 Å². The molecule has 0 aromatic carbocycles. The predicted octanol–water partition coefficient (Wildman–Crippen LogP) is 2.31. The van der Waals surface area contributed by atoms with Crippen LogP contribution < -0.4 is 5.32 Å². The Labute approximate surface area is 126 Å². The molecule has 0 radical (unpaired) electrons. The van der Waals surface area contributed by atoms with E-state index in [2.05, 4.69) is 15.3 Å². The van der Waals surface area contributed by atoms with Crippen molar-refractivity contribution in [2.24, 2.45) is 7.05 Å². The second kappa shape index (κ2) is 5.65. The zero-order valence-electron chi connectivity index (χ0n) is 12.0. The molecule has 3 aromatic heterocycles. The molecule has 0 saturated carbocycles. The number of nitrogens with one attached hydrogen (secondary N) is 1. The average molecular weight is 300 g/mol. The van der Waals surface area contributed by atoms with Crippen molar-refractivity contribution in [2.75, 3.05) is 6.54 Å². The van der Waals surface area contributed by atoms with Gasteiger partial charge in [-0.25, -0.2) is 9.97 Å². The number of amides is 1. The van der Waals surface area contributed by atoms with Gasteiger partial charge in [0.05, 0.1) is 4.88 Å². The lowest BCUT2D eigenvalue weighted by atomic mass is 10.3. The van der Waals surface area contributed by atoms with Crippen LogP contribution in [0.25, 0.3) is 11.2 Å². The minimum atomic E-state index is -0.0232. The van der Waals surface area contributed by atoms with Crippen LogP contribution in [0.5, 0.6) is 0 Å². The third-order valence-electron chi connectivity index (χ3n) is 3.32. The molecular weight excluding hydrogens is 284 g/mol. The zero-order chi connectivity index (χ0) is 14.8. The van der Waals surface area contributed by atoms with Crippen molar-refractivity contribution in [3.05, 3.63) is 46.0 Å². The Morgan fingerprint density at radius 3 is 2.95 bits per heavy atom. The molecule has 1 amide bonds. The molecular formula is C15H16N4OS. The van der Waals surface area contributed by atoms with Gasteiger partial charge in [-0.15, -0.1) is 11.3 Å². The molecule has 3 heterocycles. The molecule has 0 aliphatic heterocycles. The number of hydrogen-bond acceptors (Lipinski definition) is 4. The maximum absolute atomic E-state index is 12.0. The highest BCUT2D eigenvalue weighted by Gasteiger charge is 2.10. The second-order valence-electron chi connectivity index (χ2n) is 4.85. The molecule has 108 valence electrons. The van der Waals surface area contributed by atoms with E-state index < -0.39 is 0 Å². The van der Waals surface area contributed by atoms with E-state index in [4.69, 9.17) is 0 Å². The van der Waals surface area contributed by atoms with Crippen LogP contribution in [0.2, 0.25) is 0 Å². The largest absolute Gasteiger partial charge is 0.351 e. The average Bonchev–Trinajstić information content (AvgIpc) is 3.04. The highest BCUT2D eigenvalue weighted by molar-refractivity contribution is 7.13. The first-order valence-corrected chi connectivity index (χ1v) is 7.58. The van der Waals surface area contributed by atoms with Crippen LogP contribution in [-0.4, -0.2) is 27.0 Å². The Bertz CT molecular complexity index is 790. The molecule has 0 spiro atoms. The van der Waals surface area contributed by atoms with E-state index in [-0.39, 0.29) is 5.91 Å². The van der Waals surface area contributed by atoms with E-state index in [0.717, 1.165) is 26.7 Å². The van der Waals surface area contributed by atoms with Gasteiger partial charge in [-0.1, -0.05) is 0 Å². The smallest absolute Gasteiger partial charge is 0.261 e. The first-order chi connectivity index (χ1) is 10.1. The van der Waals surface area contributed by atoms with E-state index >= 15 is 0 Å². The van der Waals surface area contributed by atoms with Crippen LogP contribution >= 0.6 is 11.3 Å². The van der Waals surface area contributed by atoms with Crippen LogP contribution in [0.15, 0.2) is 30.5 Å². The number of fused-ring (bicyclic) bond motifs is 1. The van der Waals surface area contributed by atoms with Crippen LogP contribution in [0.3, 0.4) is 0 Å². The summed E-state index contributed by atoms with van der Waals surface area (Å²) >= 11 is 1.51. The van der Waals surface area contributed by atoms with Gasteiger partial charge in [-0.3, -0.25) is 4.79 Å². The van der Waals surface area contributed by atoms with Gasteiger partial charge in [0.15, 0.2) is 5.65 Å². The molecule has 0 atom stereocenters. The van der Waals surface area contributed by atoms with Crippen molar-refractivity contribution < 1.29 is 4.79 Å². The predicted molar refractivity (Wildman–Crippen MR) is 83.6 cm³/mol. The minimum Gasteiger partial charge on any atom is -0.351 e. The summed E-state index contributed by atoms with van der Waals surface area (Å²) in [6, 6.07) is 7.63. The van der Waals surface area contributed by atoms with Crippen molar-refractivity contribution >= 4 is 28.4 Å². The maximum atomic E-state index is 12.0. The number of nitrogens with zero attached hydrogens (tertiary/aromatic N) is 3. The van der Waals surface area contributed by atoms with Crippen LogP contribution in [-0.2, 0) is 13.5 Å². The Hall–Kier alpha value is -2.21. The summed E-state index contributed by atoms with van der Waals surface area (Å²) in [6.45, 7) is 2.56. The zero-order valence-corrected chi connectivity index (χ0v) is 12.8. The number of pyridine rings is 1. The van der Waals surface area contributed by atoms with Gasteiger partial charge < -0.3 is 9.88 Å². The number of imidazole rings is 1. The monoisotopic (exact) mass is 300 g/mol. The van der Waals surface area contributed by atoms with Gasteiger partial charge in [0, 0.05) is 31.1 Å². The molecule has 1 N–H and O–H groups in total. The van der Waals surface area contributed by atoms with Crippen molar-refractivity contribution in [1.29, 1.82) is 0 Å². The molecule has 0 aliphatic carbocycles. The third kappa shape index (κ3) is 2.80. The first kappa shape index (κ1) is 13.8. The molecule has 0 bridgehead atoms. The number of aryl methyl sites for hydroxylation is 2. The second-order valence-corrected chi connectivity index (χ2v) is 6.14. The molecule has 3 aromatic rings. The molecule has 21 heavy (non-hydrogen) atoms. The Morgan fingerprint density at radius 1 is 1.38 bits per heavy atom. The van der Waals surface area contributed by atoms with Crippen molar-refractivity contribution in [3.63, 3.8) is 0 Å². The summed E-state index contributed by atoms with van der Waals surface area (Å²) in [7, 11) is 1.95. The van der Waals surface area contributed by atoms with Gasteiger partial charge in [-0.2, -0.15) is 0 Å². The fourth-order valence-corrected chi connectivity index (χ4v) is 3.01. The standard InChI is InChI=1S/C15H16N4OS/c1-10-5-6-12(21-10)15(20)17-9-7-13-18-11-4-3-8-16-14(11)19(13)2/h3-6,8H,7,9H2,1-2H3,(H,17,20). The normalized spacial score (nSPS) is 11.0. The first-order valence-electron chi connectivity index (χ1n) is 6.76. The Balaban J connectivity index is 1.64. The van der Waals surface area contributed by atoms with Crippen molar-refractivity contribution in [1.82, 2.24) is 19.9 Å². The SMILES string of the molecule is Cc1ccc(C(=O)NCCc2nc3cccnc3n2C)s1. The quantitative estimate of drug-likeness (QED) is 0.804. The summed E-state index contributed by atoms with van der Waals surface area (Å²) in [6.07, 6.45) is 2.44. The molecule has 0 aliphatic rings. The number of carbonyl (C=O) groups is 1. The van der Waals surface area contributed by atoms with Gasteiger partial charge in [0.2, 0.25) is 0 Å². The number of carbonyl (C=O) groups excluding carboxylic acids is 1. The molecule has 0 saturated heterocycles. The topological polar surface area (TPSA) is 59.8 Å². The van der Waals surface area contributed by atoms with E-state index in [9.17, 15) is 4.79 Å². The molecule has 6 heteroatoms. The summed E-state index contributed by atoms with van der Waals surface area (Å²) in [5.74, 6) is 0.899. The highest BCUT2D eigenvalue weighted by atomic mass is 32.1. The fourth-order valence-electron chi connectivity index (χ4n) is 2.23. The number of rotatable bonds is 4. The fraction of sp³-hybridized carbons (Fsp3) is 0.267. The minimum absolute atomic E-state index is 0.0232. The lowest BCUT2D eigenvalue weighted by Gasteiger charge is -2.04. The molecule has 3 rings (SSSR count). The molecule has 5 nitrogen and oxygen atoms in total. The van der Waals surface area contributed by atoms with Crippen molar-refractivity contribution in [2.45, 2.75) is 13.3 Å². The number of aromatic nitrogens is 3. The Kier molecular flexibility index (Phi) is 3.70. The molecule has 0 unspecified atom stereocenters. The highest BCUT2D eigenvalue weighted by Crippen LogP contribution is 2.15. The number of thiophene rings is 1. The van der Waals surface area contributed by atoms with E-state index in [1.807, 2.05) is 42.8 Å². The third-order valence-corrected chi connectivity index (χ3v) is 4.32. The van der Waals surface area contributed by atoms with Gasteiger partial charge >= 0.3 is 0 Å². The van der Waals surface area contributed by atoms with Crippen molar-refractivity contribution in [3.8, 4) is 0 Å². The summed E-state index contributed by atoms with van der Waals surface area (Å²) in [5, 5.41) is 2.93. The lowest BCUT2D eigenvalue weighted by Crippen LogP contribution is -2.25. The Morgan fingerprint density at radius 2 is 2.24 bits per heavy atom. The van der Waals surface area contributed by atoms with E-state index in [0.29, 0.717) is 13.0 Å². The summed E-state index contributed by atoms with van der Waals surface area (Å²) < 4.78 is 1.97. The van der Waals surface area contributed by atoms with E-state index in [1.54, 1.807) is 6.20 Å². The summed E-state index contributed by atoms with van der Waals surface area (Å²) in [5.41, 5.74) is 1.75. The van der Waals surface area contributed by atoms with E-state index in [1.165, 1.54) is 11.3 Å². The summed E-state index contributed by atoms with van der Waals surface area (Å²) in [4.78, 5) is 22.7. The van der Waals surface area contributed by atoms with Crippen LogP contribution in [0, 0.1) is 6.92 Å². The van der Waals surface area contributed by atoms with Gasteiger partial charge in [-0.05, 0) is 31.2 Å². The maximum Gasteiger partial charge on any atom is 0.261 e. The lowest BCUT2D eigenvalue weighted by molar-refractivity contribution is 0.0958. The van der Waals surface area contributed by atoms with Gasteiger partial charge in [0.1, 0.15) is 11.3 Å². The van der Waals surface area contributed by atoms with Gasteiger partial charge in [0.25, 0.3) is 5.91 Å². The number of hydrogen-bond donors (Lipinski definition) is 1. The van der Waals surface area contributed by atoms with Crippen LogP contribution in [0.4, 0.5) is 0 Å².